The van der Waals surface area contributed by atoms with Crippen LogP contribution in [0.4, 0.5) is 0 Å². The molecule has 0 heterocycles. The Morgan fingerprint density at radius 1 is 1.04 bits per heavy atom. The molecule has 0 saturated heterocycles. The fourth-order valence-corrected chi connectivity index (χ4v) is 3.79. The SMILES string of the molecule is CCN(C1=CC=CC2C=CC=CC12)C(NNC)/C1=C/C=C\C=C/CC1. The number of nitrogens with one attached hydrogen (secondary N) is 2. The Labute approximate surface area is 151 Å². The van der Waals surface area contributed by atoms with Gasteiger partial charge >= 0.3 is 0 Å². The second-order valence-corrected chi connectivity index (χ2v) is 6.53. The molecular weight excluding hydrogens is 306 g/mol. The van der Waals surface area contributed by atoms with Crippen molar-refractivity contribution >= 4 is 0 Å². The molecular formula is C22H29N3. The van der Waals surface area contributed by atoms with E-state index in [1.54, 1.807) is 0 Å². The molecule has 0 aromatic carbocycles. The molecule has 3 atom stereocenters. The maximum Gasteiger partial charge on any atom is 0.114 e. The summed E-state index contributed by atoms with van der Waals surface area (Å²) in [7, 11) is 1.95. The lowest BCUT2D eigenvalue weighted by atomic mass is 9.82. The summed E-state index contributed by atoms with van der Waals surface area (Å²) in [5.74, 6) is 0.879. The van der Waals surface area contributed by atoms with Crippen molar-refractivity contribution in [3.63, 3.8) is 0 Å². The highest BCUT2D eigenvalue weighted by Crippen LogP contribution is 2.35. The van der Waals surface area contributed by atoms with E-state index in [1.807, 2.05) is 7.05 Å². The standard InChI is InChI=1S/C22H29N3/c1-3-25(21-17-11-15-18-12-9-10-16-20(18)21)22(24-23-2)19-13-7-5-4-6-8-14-19/h4-7,9-13,15-18,20,22-24H,3,8,14H2,1-2H3/b6-4-,7-5-,19-13+. The molecule has 0 spiro atoms. The first kappa shape index (κ1) is 17.7. The minimum atomic E-state index is 0.142. The van der Waals surface area contributed by atoms with E-state index in [4.69, 9.17) is 0 Å². The lowest BCUT2D eigenvalue weighted by Gasteiger charge is -2.41. The molecule has 3 aliphatic rings. The molecule has 0 radical (unpaired) electrons. The van der Waals surface area contributed by atoms with E-state index in [2.05, 4.69) is 95.6 Å². The molecule has 0 aromatic heterocycles. The van der Waals surface area contributed by atoms with Gasteiger partial charge < -0.3 is 4.90 Å². The number of likely N-dealkylation sites (N-methyl/N-ethyl adjacent to an activating group) is 1. The first-order chi connectivity index (χ1) is 12.3. The Balaban J connectivity index is 1.90. The summed E-state index contributed by atoms with van der Waals surface area (Å²) >= 11 is 0. The molecule has 3 aliphatic carbocycles. The van der Waals surface area contributed by atoms with E-state index < -0.39 is 0 Å². The van der Waals surface area contributed by atoms with Crippen molar-refractivity contribution in [2.75, 3.05) is 13.6 Å². The third-order valence-corrected chi connectivity index (χ3v) is 5.00. The van der Waals surface area contributed by atoms with Crippen molar-refractivity contribution in [3.05, 3.63) is 84.2 Å². The molecule has 0 aromatic rings. The second-order valence-electron chi connectivity index (χ2n) is 6.53. The summed E-state index contributed by atoms with van der Waals surface area (Å²) in [6, 6.07) is 0. The van der Waals surface area contributed by atoms with Crippen LogP contribution in [0.25, 0.3) is 0 Å². The van der Waals surface area contributed by atoms with Gasteiger partial charge in [-0.1, -0.05) is 66.8 Å². The zero-order valence-electron chi connectivity index (χ0n) is 15.2. The van der Waals surface area contributed by atoms with E-state index in [-0.39, 0.29) is 6.17 Å². The zero-order chi connectivity index (χ0) is 17.5. The average Bonchev–Trinajstić information content (AvgIpc) is 2.62. The summed E-state index contributed by atoms with van der Waals surface area (Å²) in [6.45, 7) is 3.19. The van der Waals surface area contributed by atoms with Crippen LogP contribution in [0.2, 0.25) is 0 Å². The summed E-state index contributed by atoms with van der Waals surface area (Å²) < 4.78 is 0. The van der Waals surface area contributed by atoms with Gasteiger partial charge in [-0.3, -0.25) is 5.43 Å². The minimum Gasteiger partial charge on any atom is -0.354 e. The van der Waals surface area contributed by atoms with Crippen molar-refractivity contribution in [3.8, 4) is 0 Å². The molecule has 3 heteroatoms. The monoisotopic (exact) mass is 335 g/mol. The maximum absolute atomic E-state index is 3.49. The van der Waals surface area contributed by atoms with Crippen LogP contribution < -0.4 is 10.9 Å². The average molecular weight is 335 g/mol. The molecule has 0 aliphatic heterocycles. The van der Waals surface area contributed by atoms with Crippen LogP contribution in [-0.2, 0) is 0 Å². The first-order valence-corrected chi connectivity index (χ1v) is 9.29. The van der Waals surface area contributed by atoms with Crippen LogP contribution >= 0.6 is 0 Å². The highest BCUT2D eigenvalue weighted by Gasteiger charge is 2.30. The lowest BCUT2D eigenvalue weighted by Crippen LogP contribution is -2.52. The molecule has 0 bridgehead atoms. The van der Waals surface area contributed by atoms with Gasteiger partial charge in [0.1, 0.15) is 6.17 Å². The molecule has 3 rings (SSSR count). The van der Waals surface area contributed by atoms with Crippen LogP contribution in [0.15, 0.2) is 84.2 Å². The van der Waals surface area contributed by atoms with Gasteiger partial charge in [-0.15, -0.1) is 0 Å². The van der Waals surface area contributed by atoms with Crippen molar-refractivity contribution in [1.29, 1.82) is 0 Å². The van der Waals surface area contributed by atoms with E-state index in [9.17, 15) is 0 Å². The minimum absolute atomic E-state index is 0.142. The van der Waals surface area contributed by atoms with Gasteiger partial charge in [-0.2, -0.15) is 0 Å². The molecule has 3 nitrogen and oxygen atoms in total. The number of allylic oxidation sites excluding steroid dienone is 12. The molecule has 0 amide bonds. The molecule has 0 saturated carbocycles. The number of hydrogen-bond donors (Lipinski definition) is 2. The molecule has 25 heavy (non-hydrogen) atoms. The number of hydrazine groups is 1. The Hall–Kier alpha value is -2.10. The summed E-state index contributed by atoms with van der Waals surface area (Å²) in [5, 5.41) is 0. The van der Waals surface area contributed by atoms with Gasteiger partial charge in [-0.25, -0.2) is 5.43 Å². The quantitative estimate of drug-likeness (QED) is 0.567. The number of nitrogens with zero attached hydrogens (tertiary/aromatic N) is 1. The maximum atomic E-state index is 3.49. The highest BCUT2D eigenvalue weighted by atomic mass is 15.4. The van der Waals surface area contributed by atoms with Crippen LogP contribution in [-0.4, -0.2) is 24.7 Å². The number of rotatable bonds is 6. The van der Waals surface area contributed by atoms with Crippen LogP contribution in [0.5, 0.6) is 0 Å². The lowest BCUT2D eigenvalue weighted by molar-refractivity contribution is 0.211. The van der Waals surface area contributed by atoms with Gasteiger partial charge in [0.15, 0.2) is 0 Å². The van der Waals surface area contributed by atoms with Crippen molar-refractivity contribution in [2.24, 2.45) is 11.8 Å². The third kappa shape index (κ3) is 4.12. The van der Waals surface area contributed by atoms with E-state index in [1.165, 1.54) is 11.3 Å². The summed E-state index contributed by atoms with van der Waals surface area (Å²) in [4.78, 5) is 2.49. The Morgan fingerprint density at radius 2 is 1.88 bits per heavy atom. The van der Waals surface area contributed by atoms with Crippen molar-refractivity contribution in [2.45, 2.75) is 25.9 Å². The van der Waals surface area contributed by atoms with Gasteiger partial charge in [0.25, 0.3) is 0 Å². The largest absolute Gasteiger partial charge is 0.354 e. The van der Waals surface area contributed by atoms with E-state index in [0.717, 1.165) is 19.4 Å². The predicted octanol–water partition coefficient (Wildman–Crippen LogP) is 4.00. The van der Waals surface area contributed by atoms with Gasteiger partial charge in [-0.05, 0) is 38.5 Å². The number of fused-ring (bicyclic) bond motifs is 1. The zero-order valence-corrected chi connectivity index (χ0v) is 15.2. The van der Waals surface area contributed by atoms with Crippen molar-refractivity contribution in [1.82, 2.24) is 15.8 Å². The fourth-order valence-electron chi connectivity index (χ4n) is 3.79. The smallest absolute Gasteiger partial charge is 0.114 e. The number of hydrogen-bond acceptors (Lipinski definition) is 3. The van der Waals surface area contributed by atoms with Crippen LogP contribution in [0.1, 0.15) is 19.8 Å². The van der Waals surface area contributed by atoms with E-state index in [0.29, 0.717) is 11.8 Å². The topological polar surface area (TPSA) is 27.3 Å². The third-order valence-electron chi connectivity index (χ3n) is 5.00. The molecule has 2 N–H and O–H groups in total. The predicted molar refractivity (Wildman–Crippen MR) is 106 cm³/mol. The Morgan fingerprint density at radius 3 is 2.72 bits per heavy atom. The molecule has 132 valence electrons. The van der Waals surface area contributed by atoms with E-state index >= 15 is 0 Å². The first-order valence-electron chi connectivity index (χ1n) is 9.29. The van der Waals surface area contributed by atoms with Crippen LogP contribution in [0.3, 0.4) is 0 Å². The Bertz CT molecular complexity index is 661. The molecule has 0 fully saturated rings. The molecule has 3 unspecified atom stereocenters. The van der Waals surface area contributed by atoms with Crippen molar-refractivity contribution < 1.29 is 0 Å². The fraction of sp³-hybridized carbons (Fsp3) is 0.364. The normalized spacial score (nSPS) is 30.3. The summed E-state index contributed by atoms with van der Waals surface area (Å²) in [6.07, 6.45) is 28.9. The van der Waals surface area contributed by atoms with Crippen LogP contribution in [0, 0.1) is 11.8 Å². The van der Waals surface area contributed by atoms with Gasteiger partial charge in [0.2, 0.25) is 0 Å². The Kier molecular flexibility index (Phi) is 6.26. The van der Waals surface area contributed by atoms with Gasteiger partial charge in [0, 0.05) is 24.1 Å². The summed E-state index contributed by atoms with van der Waals surface area (Å²) in [5.41, 5.74) is 9.44. The van der Waals surface area contributed by atoms with Gasteiger partial charge in [0.05, 0.1) is 0 Å². The second kappa shape index (κ2) is 8.84. The highest BCUT2D eigenvalue weighted by molar-refractivity contribution is 5.35.